The van der Waals surface area contributed by atoms with Crippen LogP contribution in [0.15, 0.2) is 0 Å². The summed E-state index contributed by atoms with van der Waals surface area (Å²) in [5, 5.41) is 20.3. The molecule has 0 N–H and O–H groups in total. The molecule has 2 heterocycles. The van der Waals surface area contributed by atoms with Crippen LogP contribution in [0.25, 0.3) is 11.1 Å². The Hall–Kier alpha value is -2.72. The molecule has 2 aromatic rings. The zero-order valence-corrected chi connectivity index (χ0v) is 18.6. The van der Waals surface area contributed by atoms with Crippen molar-refractivity contribution in [3.8, 4) is 12.1 Å². The third kappa shape index (κ3) is 3.08. The lowest BCUT2D eigenvalue weighted by Gasteiger charge is -2.09. The first-order valence-corrected chi connectivity index (χ1v) is 10.2. The second-order valence-corrected chi connectivity index (χ2v) is 7.28. The molecular weight excluding hydrogens is 344 g/mol. The summed E-state index contributed by atoms with van der Waals surface area (Å²) in [6.07, 6.45) is 3.51. The van der Waals surface area contributed by atoms with Crippen molar-refractivity contribution in [2.24, 2.45) is 14.1 Å². The van der Waals surface area contributed by atoms with Gasteiger partial charge in [0.15, 0.2) is 0 Å². The topological polar surface area (TPSA) is 57.4 Å². The van der Waals surface area contributed by atoms with Crippen LogP contribution < -0.4 is 0 Å². The molecule has 2 rings (SSSR count). The van der Waals surface area contributed by atoms with Crippen LogP contribution in [-0.2, 0) is 39.8 Å². The van der Waals surface area contributed by atoms with Crippen molar-refractivity contribution in [1.29, 1.82) is 10.5 Å². The van der Waals surface area contributed by atoms with Gasteiger partial charge in [0.05, 0.1) is 11.1 Å². The van der Waals surface area contributed by atoms with Crippen LogP contribution >= 0.6 is 0 Å². The zero-order chi connectivity index (χ0) is 21.2. The van der Waals surface area contributed by atoms with Crippen LogP contribution in [0.2, 0.25) is 0 Å². The SMILES string of the molecule is CCc1c(C(C#N)=C(C#N)c2c(CC)c(CC)n(C)c2C)c(C)n(C)c1CC. The van der Waals surface area contributed by atoms with E-state index in [1.807, 2.05) is 0 Å². The summed E-state index contributed by atoms with van der Waals surface area (Å²) in [5.74, 6) is 0. The first kappa shape index (κ1) is 21.6. The standard InChI is InChI=1S/C24H32N4/c1-9-17-21(11-3)27(7)15(5)23(17)19(13-25)20(14-26)24-16(6)28(8)22(12-4)18(24)10-2/h9-12H2,1-8H3. The minimum Gasteiger partial charge on any atom is -0.351 e. The van der Waals surface area contributed by atoms with Gasteiger partial charge in [-0.25, -0.2) is 0 Å². The van der Waals surface area contributed by atoms with Crippen molar-refractivity contribution >= 4 is 11.1 Å². The zero-order valence-electron chi connectivity index (χ0n) is 18.6. The largest absolute Gasteiger partial charge is 0.351 e. The lowest BCUT2D eigenvalue weighted by molar-refractivity contribution is 0.798. The average molecular weight is 377 g/mol. The number of nitrogens with zero attached hydrogens (tertiary/aromatic N) is 4. The van der Waals surface area contributed by atoms with Gasteiger partial charge in [0, 0.05) is 48.0 Å². The fourth-order valence-corrected chi connectivity index (χ4v) is 4.67. The molecule has 0 aromatic carbocycles. The van der Waals surface area contributed by atoms with Crippen molar-refractivity contribution in [1.82, 2.24) is 9.13 Å². The Bertz CT molecular complexity index is 931. The van der Waals surface area contributed by atoms with Gasteiger partial charge in [0.25, 0.3) is 0 Å². The highest BCUT2D eigenvalue weighted by Gasteiger charge is 2.26. The number of nitriles is 2. The molecule has 0 aliphatic rings. The third-order valence-electron chi connectivity index (χ3n) is 6.19. The maximum atomic E-state index is 10.2. The molecule has 0 unspecified atom stereocenters. The van der Waals surface area contributed by atoms with Crippen LogP contribution in [0.3, 0.4) is 0 Å². The quantitative estimate of drug-likeness (QED) is 0.652. The first-order valence-electron chi connectivity index (χ1n) is 10.2. The molecular formula is C24H32N4. The minimum atomic E-state index is 0.512. The number of aromatic nitrogens is 2. The van der Waals surface area contributed by atoms with Crippen LogP contribution in [0, 0.1) is 36.5 Å². The van der Waals surface area contributed by atoms with Crippen molar-refractivity contribution < 1.29 is 0 Å². The Labute approximate surface area is 169 Å². The Balaban J connectivity index is 3.01. The third-order valence-corrected chi connectivity index (χ3v) is 6.19. The highest BCUT2D eigenvalue weighted by Crippen LogP contribution is 2.37. The molecule has 0 aliphatic heterocycles. The van der Waals surface area contributed by atoms with E-state index in [1.54, 1.807) is 0 Å². The van der Waals surface area contributed by atoms with Crippen molar-refractivity contribution in [3.63, 3.8) is 0 Å². The summed E-state index contributed by atoms with van der Waals surface area (Å²) < 4.78 is 4.35. The highest BCUT2D eigenvalue weighted by molar-refractivity contribution is 6.05. The predicted molar refractivity (Wildman–Crippen MR) is 116 cm³/mol. The summed E-state index contributed by atoms with van der Waals surface area (Å²) in [5.41, 5.74) is 9.90. The maximum absolute atomic E-state index is 10.2. The van der Waals surface area contributed by atoms with Gasteiger partial charge in [-0.3, -0.25) is 0 Å². The van der Waals surface area contributed by atoms with Crippen LogP contribution in [0.1, 0.15) is 72.7 Å². The molecule has 0 spiro atoms. The smallest absolute Gasteiger partial charge is 0.101 e. The second-order valence-electron chi connectivity index (χ2n) is 7.28. The van der Waals surface area contributed by atoms with Crippen LogP contribution in [0.4, 0.5) is 0 Å². The number of allylic oxidation sites excluding steroid dienone is 2. The summed E-state index contributed by atoms with van der Waals surface area (Å²) in [4.78, 5) is 0. The van der Waals surface area contributed by atoms with Gasteiger partial charge in [-0.1, -0.05) is 27.7 Å². The maximum Gasteiger partial charge on any atom is 0.101 e. The summed E-state index contributed by atoms with van der Waals surface area (Å²) in [6, 6.07) is 4.82. The second kappa shape index (κ2) is 8.53. The Morgan fingerprint density at radius 2 is 1.00 bits per heavy atom. The molecule has 4 heteroatoms. The van der Waals surface area contributed by atoms with Crippen LogP contribution in [0.5, 0.6) is 0 Å². The van der Waals surface area contributed by atoms with Crippen LogP contribution in [-0.4, -0.2) is 9.13 Å². The van der Waals surface area contributed by atoms with E-state index in [1.165, 1.54) is 22.5 Å². The Morgan fingerprint density at radius 3 is 1.21 bits per heavy atom. The van der Waals surface area contributed by atoms with E-state index in [4.69, 9.17) is 0 Å². The molecule has 4 nitrogen and oxygen atoms in total. The molecule has 0 saturated heterocycles. The van der Waals surface area contributed by atoms with E-state index in [-0.39, 0.29) is 0 Å². The normalized spacial score (nSPS) is 11.9. The van der Waals surface area contributed by atoms with Crippen molar-refractivity contribution in [2.75, 3.05) is 0 Å². The molecule has 0 amide bonds. The van der Waals surface area contributed by atoms with E-state index < -0.39 is 0 Å². The summed E-state index contributed by atoms with van der Waals surface area (Å²) in [7, 11) is 4.11. The van der Waals surface area contributed by atoms with Gasteiger partial charge >= 0.3 is 0 Å². The first-order chi connectivity index (χ1) is 13.3. The molecule has 2 aromatic heterocycles. The summed E-state index contributed by atoms with van der Waals surface area (Å²) in [6.45, 7) is 12.6. The fraction of sp³-hybridized carbons (Fsp3) is 0.500. The fourth-order valence-electron chi connectivity index (χ4n) is 4.67. The molecule has 0 bridgehead atoms. The lowest BCUT2D eigenvalue weighted by Crippen LogP contribution is -1.98. The van der Waals surface area contributed by atoms with E-state index in [0.717, 1.165) is 48.2 Å². The van der Waals surface area contributed by atoms with Gasteiger partial charge in [0.1, 0.15) is 12.1 Å². The average Bonchev–Trinajstić information content (AvgIpc) is 3.09. The summed E-state index contributed by atoms with van der Waals surface area (Å²) >= 11 is 0. The monoisotopic (exact) mass is 376 g/mol. The minimum absolute atomic E-state index is 0.512. The molecule has 148 valence electrons. The molecule has 0 aliphatic carbocycles. The van der Waals surface area contributed by atoms with Crippen molar-refractivity contribution in [2.45, 2.75) is 67.2 Å². The predicted octanol–water partition coefficient (Wildman–Crippen LogP) is 5.19. The number of rotatable bonds is 6. The van der Waals surface area contributed by atoms with E-state index in [2.05, 4.69) is 76.9 Å². The molecule has 0 fully saturated rings. The molecule has 0 radical (unpaired) electrons. The van der Waals surface area contributed by atoms with Gasteiger partial charge < -0.3 is 9.13 Å². The Morgan fingerprint density at radius 1 is 0.679 bits per heavy atom. The number of hydrogen-bond donors (Lipinski definition) is 0. The number of hydrogen-bond acceptors (Lipinski definition) is 2. The lowest BCUT2D eigenvalue weighted by atomic mass is 9.89. The van der Waals surface area contributed by atoms with Crippen molar-refractivity contribution in [3.05, 3.63) is 45.0 Å². The molecule has 0 atom stereocenters. The van der Waals surface area contributed by atoms with E-state index >= 15 is 0 Å². The van der Waals surface area contributed by atoms with Gasteiger partial charge in [0.2, 0.25) is 0 Å². The Kier molecular flexibility index (Phi) is 6.57. The molecule has 28 heavy (non-hydrogen) atoms. The van der Waals surface area contributed by atoms with E-state index in [0.29, 0.717) is 11.1 Å². The molecule has 0 saturated carbocycles. The van der Waals surface area contributed by atoms with Gasteiger partial charge in [-0.05, 0) is 50.7 Å². The van der Waals surface area contributed by atoms with Gasteiger partial charge in [-0.2, -0.15) is 10.5 Å². The highest BCUT2D eigenvalue weighted by atomic mass is 15.0. The van der Waals surface area contributed by atoms with Gasteiger partial charge in [-0.15, -0.1) is 0 Å². The van der Waals surface area contributed by atoms with E-state index in [9.17, 15) is 10.5 Å².